The molecule has 2 aliphatic rings. The Morgan fingerprint density at radius 2 is 1.96 bits per heavy atom. The van der Waals surface area contributed by atoms with Crippen LogP contribution in [0, 0.1) is 5.92 Å². The number of amides is 1. The third-order valence-electron chi connectivity index (χ3n) is 4.96. The second-order valence-electron chi connectivity index (χ2n) is 6.46. The first-order valence-corrected chi connectivity index (χ1v) is 8.03. The maximum absolute atomic E-state index is 12.8. The minimum Gasteiger partial charge on any atom is -0.342 e. The van der Waals surface area contributed by atoms with E-state index in [1.54, 1.807) is 6.07 Å². The molecule has 3 rings (SSSR count). The Morgan fingerprint density at radius 1 is 1.26 bits per heavy atom. The maximum Gasteiger partial charge on any atom is 0.416 e. The molecule has 23 heavy (non-hydrogen) atoms. The van der Waals surface area contributed by atoms with Gasteiger partial charge in [-0.3, -0.25) is 4.79 Å². The molecule has 0 aromatic heterocycles. The van der Waals surface area contributed by atoms with Gasteiger partial charge in [0, 0.05) is 25.0 Å². The first kappa shape index (κ1) is 16.3. The van der Waals surface area contributed by atoms with Gasteiger partial charge < -0.3 is 10.2 Å². The molecule has 1 amide bonds. The Kier molecular flexibility index (Phi) is 4.36. The fourth-order valence-electron chi connectivity index (χ4n) is 3.41. The molecule has 1 aromatic carbocycles. The summed E-state index contributed by atoms with van der Waals surface area (Å²) in [4.78, 5) is 14.4. The van der Waals surface area contributed by atoms with Crippen molar-refractivity contribution in [1.29, 1.82) is 0 Å². The van der Waals surface area contributed by atoms with Crippen LogP contribution in [-0.2, 0) is 11.0 Å². The Balaban J connectivity index is 1.62. The van der Waals surface area contributed by atoms with Crippen molar-refractivity contribution in [2.24, 2.45) is 5.92 Å². The van der Waals surface area contributed by atoms with Gasteiger partial charge in [-0.1, -0.05) is 18.2 Å². The van der Waals surface area contributed by atoms with Gasteiger partial charge in [0.05, 0.1) is 5.56 Å². The first-order chi connectivity index (χ1) is 10.9. The van der Waals surface area contributed by atoms with Crippen molar-refractivity contribution in [2.45, 2.75) is 37.4 Å². The summed E-state index contributed by atoms with van der Waals surface area (Å²) in [6.45, 7) is 1.46. The molecule has 6 heteroatoms. The molecule has 0 spiro atoms. The Hall–Kier alpha value is -1.56. The van der Waals surface area contributed by atoms with E-state index in [-0.39, 0.29) is 17.7 Å². The van der Waals surface area contributed by atoms with Gasteiger partial charge in [-0.15, -0.1) is 0 Å². The van der Waals surface area contributed by atoms with E-state index in [4.69, 9.17) is 0 Å². The zero-order chi connectivity index (χ0) is 16.6. The fraction of sp³-hybridized carbons (Fsp3) is 0.588. The molecule has 2 atom stereocenters. The van der Waals surface area contributed by atoms with Crippen LogP contribution in [-0.4, -0.2) is 37.0 Å². The van der Waals surface area contributed by atoms with Gasteiger partial charge in [-0.25, -0.2) is 0 Å². The van der Waals surface area contributed by atoms with E-state index in [9.17, 15) is 18.0 Å². The normalized spacial score (nSPS) is 25.5. The van der Waals surface area contributed by atoms with Gasteiger partial charge in [0.1, 0.15) is 0 Å². The molecule has 1 aliphatic carbocycles. The summed E-state index contributed by atoms with van der Waals surface area (Å²) in [5, 5.41) is 3.22. The summed E-state index contributed by atoms with van der Waals surface area (Å²) in [7, 11) is 1.92. The Morgan fingerprint density at radius 3 is 2.57 bits per heavy atom. The molecule has 2 unspecified atom stereocenters. The highest BCUT2D eigenvalue weighted by Gasteiger charge is 2.46. The van der Waals surface area contributed by atoms with Crippen LogP contribution < -0.4 is 5.32 Å². The van der Waals surface area contributed by atoms with Crippen LogP contribution in [0.2, 0.25) is 0 Å². The summed E-state index contributed by atoms with van der Waals surface area (Å²) in [5.74, 6) is -0.113. The Labute approximate surface area is 133 Å². The minimum atomic E-state index is -4.33. The molecule has 1 heterocycles. The maximum atomic E-state index is 12.8. The van der Waals surface area contributed by atoms with Crippen LogP contribution in [0.3, 0.4) is 0 Å². The summed E-state index contributed by atoms with van der Waals surface area (Å²) < 4.78 is 38.4. The quantitative estimate of drug-likeness (QED) is 0.926. The molecule has 2 fully saturated rings. The van der Waals surface area contributed by atoms with Crippen molar-refractivity contribution in [1.82, 2.24) is 10.2 Å². The average molecular weight is 326 g/mol. The molecule has 1 aromatic rings. The third kappa shape index (κ3) is 3.52. The number of likely N-dealkylation sites (tertiary alicyclic amines) is 1. The third-order valence-corrected chi connectivity index (χ3v) is 4.96. The van der Waals surface area contributed by atoms with Gasteiger partial charge in [0.2, 0.25) is 5.91 Å². The lowest BCUT2D eigenvalue weighted by molar-refractivity contribution is -0.137. The summed E-state index contributed by atoms with van der Waals surface area (Å²) in [6, 6.07) is 5.84. The van der Waals surface area contributed by atoms with Gasteiger partial charge in [-0.2, -0.15) is 13.2 Å². The number of hydrogen-bond donors (Lipinski definition) is 1. The number of nitrogens with zero attached hydrogens (tertiary/aromatic N) is 1. The smallest absolute Gasteiger partial charge is 0.342 e. The zero-order valence-corrected chi connectivity index (χ0v) is 13.1. The standard InChI is InChI=1S/C17H21F3N2O/c1-21-13-5-7-22(8-6-13)16(23)15-10-14(15)11-3-2-4-12(9-11)17(18,19)20/h2-4,9,13-15,21H,5-8,10H2,1H3. The van der Waals surface area contributed by atoms with Crippen LogP contribution in [0.4, 0.5) is 13.2 Å². The molecule has 0 bridgehead atoms. The van der Waals surface area contributed by atoms with E-state index in [2.05, 4.69) is 5.32 Å². The van der Waals surface area contributed by atoms with Crippen molar-refractivity contribution in [2.75, 3.05) is 20.1 Å². The number of piperidine rings is 1. The summed E-state index contributed by atoms with van der Waals surface area (Å²) >= 11 is 0. The van der Waals surface area contributed by atoms with Crippen LogP contribution in [0.5, 0.6) is 0 Å². The van der Waals surface area contributed by atoms with E-state index in [1.165, 1.54) is 12.1 Å². The minimum absolute atomic E-state index is 0.0631. The van der Waals surface area contributed by atoms with E-state index in [1.807, 2.05) is 11.9 Å². The Bertz CT molecular complexity index is 579. The summed E-state index contributed by atoms with van der Waals surface area (Å²) in [5.41, 5.74) is -0.00813. The molecule has 1 N–H and O–H groups in total. The molecule has 3 nitrogen and oxygen atoms in total. The number of nitrogens with one attached hydrogen (secondary N) is 1. The van der Waals surface area contributed by atoms with Gasteiger partial charge in [0.25, 0.3) is 0 Å². The van der Waals surface area contributed by atoms with E-state index < -0.39 is 11.7 Å². The van der Waals surface area contributed by atoms with Gasteiger partial charge >= 0.3 is 6.18 Å². The molecule has 126 valence electrons. The lowest BCUT2D eigenvalue weighted by Gasteiger charge is -2.32. The number of alkyl halides is 3. The largest absolute Gasteiger partial charge is 0.416 e. The van der Waals surface area contributed by atoms with Crippen molar-refractivity contribution in [3.8, 4) is 0 Å². The number of rotatable bonds is 3. The second-order valence-corrected chi connectivity index (χ2v) is 6.46. The number of benzene rings is 1. The number of carbonyl (C=O) groups is 1. The number of halogens is 3. The van der Waals surface area contributed by atoms with Crippen molar-refractivity contribution in [3.05, 3.63) is 35.4 Å². The molecule has 1 saturated heterocycles. The van der Waals surface area contributed by atoms with E-state index >= 15 is 0 Å². The highest BCUT2D eigenvalue weighted by Crippen LogP contribution is 2.49. The van der Waals surface area contributed by atoms with Crippen LogP contribution in [0.15, 0.2) is 24.3 Å². The fourth-order valence-corrected chi connectivity index (χ4v) is 3.41. The van der Waals surface area contributed by atoms with E-state index in [0.717, 1.165) is 32.0 Å². The topological polar surface area (TPSA) is 32.3 Å². The van der Waals surface area contributed by atoms with Crippen molar-refractivity contribution >= 4 is 5.91 Å². The van der Waals surface area contributed by atoms with Gasteiger partial charge in [0.15, 0.2) is 0 Å². The molecular weight excluding hydrogens is 305 g/mol. The SMILES string of the molecule is CNC1CCN(C(=O)C2CC2c2cccc(C(F)(F)F)c2)CC1. The first-order valence-electron chi connectivity index (χ1n) is 8.03. The molecule has 0 radical (unpaired) electrons. The molecule has 1 aliphatic heterocycles. The number of carbonyl (C=O) groups excluding carboxylic acids is 1. The van der Waals surface area contributed by atoms with Crippen LogP contribution in [0.1, 0.15) is 36.3 Å². The zero-order valence-electron chi connectivity index (χ0n) is 13.1. The lowest BCUT2D eigenvalue weighted by atomic mass is 10.0. The van der Waals surface area contributed by atoms with Crippen molar-refractivity contribution < 1.29 is 18.0 Å². The van der Waals surface area contributed by atoms with Crippen LogP contribution >= 0.6 is 0 Å². The highest BCUT2D eigenvalue weighted by atomic mass is 19.4. The van der Waals surface area contributed by atoms with Crippen molar-refractivity contribution in [3.63, 3.8) is 0 Å². The second kappa shape index (κ2) is 6.15. The molecule has 1 saturated carbocycles. The predicted molar refractivity (Wildman–Crippen MR) is 81.0 cm³/mol. The predicted octanol–water partition coefficient (Wildman–Crippen LogP) is 3.02. The molecular formula is C17H21F3N2O. The summed E-state index contributed by atoms with van der Waals surface area (Å²) in [6.07, 6.45) is -1.81. The number of hydrogen-bond acceptors (Lipinski definition) is 2. The van der Waals surface area contributed by atoms with E-state index in [0.29, 0.717) is 18.0 Å². The highest BCUT2D eigenvalue weighted by molar-refractivity contribution is 5.83. The average Bonchev–Trinajstić information content (AvgIpc) is 3.34. The monoisotopic (exact) mass is 326 g/mol. The van der Waals surface area contributed by atoms with Gasteiger partial charge in [-0.05, 0) is 43.9 Å². The van der Waals surface area contributed by atoms with Crippen LogP contribution in [0.25, 0.3) is 0 Å². The lowest BCUT2D eigenvalue weighted by Crippen LogP contribution is -2.44.